The molecule has 0 saturated heterocycles. The van der Waals surface area contributed by atoms with E-state index in [0.717, 1.165) is 70.9 Å². The highest BCUT2D eigenvalue weighted by atomic mass is 19.1. The SMILES string of the molecule is N=C(N)NCCCCCCCCNC(=O)C(F)C(=O)NCCCCNCCCN. The van der Waals surface area contributed by atoms with Gasteiger partial charge in [0.2, 0.25) is 0 Å². The maximum absolute atomic E-state index is 13.8. The number of unbranched alkanes of at least 4 members (excludes halogenated alkanes) is 6. The number of nitrogens with two attached hydrogens (primary N) is 2. The van der Waals surface area contributed by atoms with E-state index in [1.807, 2.05) is 0 Å². The first kappa shape index (κ1) is 27.1. The normalized spacial score (nSPS) is 11.7. The van der Waals surface area contributed by atoms with Gasteiger partial charge in [0.25, 0.3) is 18.0 Å². The molecule has 9 nitrogen and oxygen atoms in total. The summed E-state index contributed by atoms with van der Waals surface area (Å²) in [5.41, 5.74) is 10.6. The zero-order valence-electron chi connectivity index (χ0n) is 17.5. The Labute approximate surface area is 173 Å². The number of hydrogen-bond acceptors (Lipinski definition) is 5. The molecule has 170 valence electrons. The molecule has 0 aliphatic rings. The standard InChI is InChI=1S/C19H40FN7O2/c20-16(18(29)26-14-8-7-11-24-12-9-10-21)17(28)25-13-5-3-1-2-4-6-15-27-19(22)23/h16,24H,1-15,21H2,(H,25,28)(H,26,29)(H4,22,23,27). The van der Waals surface area contributed by atoms with Crippen molar-refractivity contribution in [3.63, 3.8) is 0 Å². The van der Waals surface area contributed by atoms with Crippen LogP contribution in [0.25, 0.3) is 0 Å². The number of hydrogen-bond donors (Lipinski definition) is 7. The molecule has 0 rings (SSSR count). The summed E-state index contributed by atoms with van der Waals surface area (Å²) in [5, 5.41) is 17.9. The molecule has 10 heteroatoms. The van der Waals surface area contributed by atoms with E-state index in [0.29, 0.717) is 26.2 Å². The van der Waals surface area contributed by atoms with Gasteiger partial charge in [-0.15, -0.1) is 0 Å². The van der Waals surface area contributed by atoms with Gasteiger partial charge in [-0.05, 0) is 51.7 Å². The van der Waals surface area contributed by atoms with Gasteiger partial charge in [-0.3, -0.25) is 15.0 Å². The number of rotatable bonds is 19. The first-order valence-electron chi connectivity index (χ1n) is 10.7. The molecule has 0 radical (unpaired) electrons. The van der Waals surface area contributed by atoms with Gasteiger partial charge in [-0.2, -0.15) is 0 Å². The summed E-state index contributed by atoms with van der Waals surface area (Å²) in [4.78, 5) is 23.3. The smallest absolute Gasteiger partial charge is 0.264 e. The van der Waals surface area contributed by atoms with Crippen LogP contribution in [0, 0.1) is 5.41 Å². The molecule has 0 aliphatic carbocycles. The van der Waals surface area contributed by atoms with Gasteiger partial charge in [0.05, 0.1) is 0 Å². The zero-order chi connectivity index (χ0) is 21.7. The van der Waals surface area contributed by atoms with Crippen molar-refractivity contribution < 1.29 is 14.0 Å². The predicted molar refractivity (Wildman–Crippen MR) is 114 cm³/mol. The lowest BCUT2D eigenvalue weighted by Crippen LogP contribution is -2.43. The summed E-state index contributed by atoms with van der Waals surface area (Å²) >= 11 is 0. The quantitative estimate of drug-likeness (QED) is 0.0683. The fourth-order valence-electron chi connectivity index (χ4n) is 2.63. The fourth-order valence-corrected chi connectivity index (χ4v) is 2.63. The van der Waals surface area contributed by atoms with Gasteiger partial charge >= 0.3 is 0 Å². The highest BCUT2D eigenvalue weighted by Crippen LogP contribution is 2.04. The van der Waals surface area contributed by atoms with E-state index in [1.165, 1.54) is 0 Å². The van der Waals surface area contributed by atoms with E-state index in [9.17, 15) is 14.0 Å². The number of amides is 2. The monoisotopic (exact) mass is 417 g/mol. The molecule has 0 aromatic rings. The second kappa shape index (κ2) is 19.4. The van der Waals surface area contributed by atoms with Crippen molar-refractivity contribution in [3.05, 3.63) is 0 Å². The maximum atomic E-state index is 13.8. The molecule has 0 saturated carbocycles. The minimum atomic E-state index is -2.16. The first-order chi connectivity index (χ1) is 14.0. The Kier molecular flexibility index (Phi) is 18.1. The van der Waals surface area contributed by atoms with Crippen LogP contribution in [0.1, 0.15) is 57.8 Å². The van der Waals surface area contributed by atoms with Crippen LogP contribution in [0.15, 0.2) is 0 Å². The summed E-state index contributed by atoms with van der Waals surface area (Å²) in [5.74, 6) is -1.76. The van der Waals surface area contributed by atoms with Crippen molar-refractivity contribution in [2.45, 2.75) is 64.0 Å². The lowest BCUT2D eigenvalue weighted by molar-refractivity contribution is -0.136. The zero-order valence-corrected chi connectivity index (χ0v) is 17.5. The Hall–Kier alpha value is -1.94. The third-order valence-corrected chi connectivity index (χ3v) is 4.32. The molecule has 1 unspecified atom stereocenters. The Morgan fingerprint density at radius 3 is 1.66 bits per heavy atom. The van der Waals surface area contributed by atoms with E-state index in [4.69, 9.17) is 16.9 Å². The molecule has 1 atom stereocenters. The minimum absolute atomic E-state index is 0.00746. The fraction of sp³-hybridized carbons (Fsp3) is 0.842. The molecule has 0 fully saturated rings. The van der Waals surface area contributed by atoms with E-state index in [2.05, 4.69) is 21.3 Å². The summed E-state index contributed by atoms with van der Waals surface area (Å²) < 4.78 is 13.8. The van der Waals surface area contributed by atoms with Crippen LogP contribution in [0.2, 0.25) is 0 Å². The van der Waals surface area contributed by atoms with Crippen LogP contribution >= 0.6 is 0 Å². The first-order valence-corrected chi connectivity index (χ1v) is 10.7. The van der Waals surface area contributed by atoms with Crippen molar-refractivity contribution in [1.82, 2.24) is 21.3 Å². The second-order valence-electron chi connectivity index (χ2n) is 7.01. The largest absolute Gasteiger partial charge is 0.370 e. The van der Waals surface area contributed by atoms with E-state index < -0.39 is 18.0 Å². The molecule has 0 heterocycles. The molecule has 2 amide bonds. The molecule has 29 heavy (non-hydrogen) atoms. The summed E-state index contributed by atoms with van der Waals surface area (Å²) in [6, 6.07) is 0. The van der Waals surface area contributed by atoms with E-state index >= 15 is 0 Å². The van der Waals surface area contributed by atoms with Gasteiger partial charge in [0, 0.05) is 19.6 Å². The third-order valence-electron chi connectivity index (χ3n) is 4.32. The number of carbonyl (C=O) groups is 2. The molecule has 9 N–H and O–H groups in total. The number of guanidine groups is 1. The Balaban J connectivity index is 3.53. The minimum Gasteiger partial charge on any atom is -0.370 e. The molecule has 0 bridgehead atoms. The maximum Gasteiger partial charge on any atom is 0.264 e. The summed E-state index contributed by atoms with van der Waals surface area (Å²) in [7, 11) is 0. The van der Waals surface area contributed by atoms with Gasteiger partial charge in [-0.25, -0.2) is 4.39 Å². The molecular weight excluding hydrogens is 377 g/mol. The van der Waals surface area contributed by atoms with Crippen LogP contribution in [0.5, 0.6) is 0 Å². The van der Waals surface area contributed by atoms with Crippen molar-refractivity contribution in [2.24, 2.45) is 11.5 Å². The Bertz CT molecular complexity index is 452. The van der Waals surface area contributed by atoms with Gasteiger partial charge in [-0.1, -0.05) is 25.7 Å². The Morgan fingerprint density at radius 1 is 0.724 bits per heavy atom. The lowest BCUT2D eigenvalue weighted by atomic mass is 10.1. The average Bonchev–Trinajstić information content (AvgIpc) is 2.70. The van der Waals surface area contributed by atoms with Crippen molar-refractivity contribution in [2.75, 3.05) is 39.3 Å². The highest BCUT2D eigenvalue weighted by molar-refractivity contribution is 6.03. The molecule has 0 aromatic carbocycles. The molecule has 0 aliphatic heterocycles. The van der Waals surface area contributed by atoms with Crippen LogP contribution in [-0.2, 0) is 9.59 Å². The van der Waals surface area contributed by atoms with Crippen LogP contribution in [0.4, 0.5) is 4.39 Å². The number of carbonyl (C=O) groups excluding carboxylic acids is 2. The lowest BCUT2D eigenvalue weighted by Gasteiger charge is -2.10. The average molecular weight is 418 g/mol. The van der Waals surface area contributed by atoms with Crippen molar-refractivity contribution in [1.29, 1.82) is 5.41 Å². The van der Waals surface area contributed by atoms with Crippen LogP contribution < -0.4 is 32.7 Å². The Morgan fingerprint density at radius 2 is 1.14 bits per heavy atom. The molecule has 0 spiro atoms. The number of nitrogens with one attached hydrogen (secondary N) is 5. The van der Waals surface area contributed by atoms with E-state index in [1.54, 1.807) is 0 Å². The van der Waals surface area contributed by atoms with E-state index in [-0.39, 0.29) is 5.96 Å². The van der Waals surface area contributed by atoms with Crippen LogP contribution in [-0.4, -0.2) is 63.2 Å². The van der Waals surface area contributed by atoms with Gasteiger partial charge in [0.1, 0.15) is 0 Å². The van der Waals surface area contributed by atoms with Crippen LogP contribution in [0.3, 0.4) is 0 Å². The summed E-state index contributed by atoms with van der Waals surface area (Å²) in [6.07, 6.45) is 6.12. The topological polar surface area (TPSA) is 158 Å². The molecular formula is C19H40FN7O2. The van der Waals surface area contributed by atoms with Crippen molar-refractivity contribution in [3.8, 4) is 0 Å². The molecule has 0 aromatic heterocycles. The van der Waals surface area contributed by atoms with Crippen molar-refractivity contribution >= 4 is 17.8 Å². The third kappa shape index (κ3) is 17.9. The second-order valence-corrected chi connectivity index (χ2v) is 7.01. The summed E-state index contributed by atoms with van der Waals surface area (Å²) in [6.45, 7) is 3.78. The predicted octanol–water partition coefficient (Wildman–Crippen LogP) is 0.0992. The highest BCUT2D eigenvalue weighted by Gasteiger charge is 2.24. The number of alkyl halides is 1. The van der Waals surface area contributed by atoms with Gasteiger partial charge in [0.15, 0.2) is 5.96 Å². The number of halogens is 1. The van der Waals surface area contributed by atoms with Gasteiger partial charge < -0.3 is 32.7 Å².